The molecule has 0 unspecified atom stereocenters. The molecule has 1 aliphatic rings. The zero-order valence-corrected chi connectivity index (χ0v) is 16.2. The molecule has 1 aromatic heterocycles. The third kappa shape index (κ3) is 4.62. The minimum absolute atomic E-state index is 0.132. The molecule has 2 heterocycles. The Hall–Kier alpha value is -1.83. The summed E-state index contributed by atoms with van der Waals surface area (Å²) >= 11 is 2.25. The number of halogens is 1. The molecule has 1 N–H and O–H groups in total. The lowest BCUT2D eigenvalue weighted by Crippen LogP contribution is -2.38. The van der Waals surface area contributed by atoms with E-state index in [0.29, 0.717) is 18.7 Å². The highest BCUT2D eigenvalue weighted by atomic mass is 127. The molecule has 0 atom stereocenters. The molecule has 1 aromatic carbocycles. The zero-order valence-electron chi connectivity index (χ0n) is 14.1. The number of benzene rings is 1. The molecular weight excluding hydrogens is 429 g/mol. The van der Waals surface area contributed by atoms with E-state index in [-0.39, 0.29) is 11.8 Å². The second kappa shape index (κ2) is 8.51. The number of nitrogens with one attached hydrogen (secondary N) is 1. The average Bonchev–Trinajstić information content (AvgIpc) is 3.12. The molecule has 3 rings (SSSR count). The van der Waals surface area contributed by atoms with Gasteiger partial charge in [0.25, 0.3) is 5.91 Å². The van der Waals surface area contributed by atoms with Gasteiger partial charge in [-0.15, -0.1) is 0 Å². The maximum absolute atomic E-state index is 12.5. The maximum Gasteiger partial charge on any atom is 0.268 e. The number of nitrogens with zero attached hydrogens (tertiary/aromatic N) is 2. The minimum Gasteiger partial charge on any atom is -0.350 e. The van der Waals surface area contributed by atoms with Gasteiger partial charge in [0.2, 0.25) is 5.91 Å². The van der Waals surface area contributed by atoms with Gasteiger partial charge in [-0.3, -0.25) is 9.59 Å². The molecule has 0 aliphatic carbocycles. The minimum atomic E-state index is -0.157. The van der Waals surface area contributed by atoms with E-state index in [1.54, 1.807) is 6.07 Å². The Morgan fingerprint density at radius 3 is 2.64 bits per heavy atom. The molecule has 6 heteroatoms. The largest absolute Gasteiger partial charge is 0.350 e. The summed E-state index contributed by atoms with van der Waals surface area (Å²) in [4.78, 5) is 26.6. The summed E-state index contributed by atoms with van der Waals surface area (Å²) in [6.45, 7) is 2.07. The summed E-state index contributed by atoms with van der Waals surface area (Å²) in [5.74, 6) is -0.0247. The van der Waals surface area contributed by atoms with Crippen LogP contribution >= 0.6 is 22.6 Å². The Balaban J connectivity index is 1.57. The van der Waals surface area contributed by atoms with Gasteiger partial charge >= 0.3 is 0 Å². The number of piperidine rings is 1. The van der Waals surface area contributed by atoms with E-state index in [4.69, 9.17) is 0 Å². The fourth-order valence-corrected chi connectivity index (χ4v) is 3.62. The van der Waals surface area contributed by atoms with Crippen LogP contribution in [0, 0.1) is 3.57 Å². The maximum atomic E-state index is 12.5. The van der Waals surface area contributed by atoms with Crippen LogP contribution in [0.1, 0.15) is 36.2 Å². The second-order valence-electron chi connectivity index (χ2n) is 6.19. The lowest BCUT2D eigenvalue weighted by Gasteiger charge is -2.26. The predicted octanol–water partition coefficient (Wildman–Crippen LogP) is 3.21. The van der Waals surface area contributed by atoms with Gasteiger partial charge in [-0.2, -0.15) is 0 Å². The fraction of sp³-hybridized carbons (Fsp3) is 0.368. The summed E-state index contributed by atoms with van der Waals surface area (Å²) in [7, 11) is 0. The smallest absolute Gasteiger partial charge is 0.268 e. The third-order valence-corrected chi connectivity index (χ3v) is 5.07. The number of rotatable bonds is 5. The summed E-state index contributed by atoms with van der Waals surface area (Å²) < 4.78 is 2.98. The van der Waals surface area contributed by atoms with Crippen LogP contribution in [0.3, 0.4) is 0 Å². The van der Waals surface area contributed by atoms with Crippen molar-refractivity contribution in [1.82, 2.24) is 14.8 Å². The van der Waals surface area contributed by atoms with Crippen LogP contribution in [-0.4, -0.2) is 40.9 Å². The number of likely N-dealkylation sites (tertiary alicyclic amines) is 1. The Morgan fingerprint density at radius 2 is 1.88 bits per heavy atom. The molecule has 0 bridgehead atoms. The van der Waals surface area contributed by atoms with E-state index in [0.717, 1.165) is 35.2 Å². The van der Waals surface area contributed by atoms with E-state index < -0.39 is 0 Å². The van der Waals surface area contributed by atoms with E-state index in [1.807, 2.05) is 46.0 Å². The Labute approximate surface area is 161 Å². The highest BCUT2D eigenvalue weighted by Gasteiger charge is 2.17. The van der Waals surface area contributed by atoms with Gasteiger partial charge in [0, 0.05) is 41.5 Å². The van der Waals surface area contributed by atoms with Crippen LogP contribution < -0.4 is 5.32 Å². The average molecular weight is 451 g/mol. The molecule has 1 saturated heterocycles. The van der Waals surface area contributed by atoms with Gasteiger partial charge in [0.1, 0.15) is 5.69 Å². The van der Waals surface area contributed by atoms with Crippen LogP contribution in [0.25, 0.3) is 5.69 Å². The highest BCUT2D eigenvalue weighted by Crippen LogP contribution is 2.16. The van der Waals surface area contributed by atoms with Gasteiger partial charge in [-0.25, -0.2) is 0 Å². The first kappa shape index (κ1) is 18.0. The zero-order chi connectivity index (χ0) is 17.6. The quantitative estimate of drug-likeness (QED) is 0.711. The van der Waals surface area contributed by atoms with Gasteiger partial charge < -0.3 is 14.8 Å². The lowest BCUT2D eigenvalue weighted by molar-refractivity contribution is -0.131. The molecule has 1 aliphatic heterocycles. The first-order valence-electron chi connectivity index (χ1n) is 8.64. The molecule has 0 spiro atoms. The number of carbonyl (C=O) groups is 2. The van der Waals surface area contributed by atoms with Crippen LogP contribution in [0.15, 0.2) is 42.6 Å². The van der Waals surface area contributed by atoms with Crippen molar-refractivity contribution in [3.05, 3.63) is 51.9 Å². The summed E-state index contributed by atoms with van der Waals surface area (Å²) in [5, 5.41) is 2.87. The Kier molecular flexibility index (Phi) is 6.12. The molecular formula is C19H22IN3O2. The highest BCUT2D eigenvalue weighted by molar-refractivity contribution is 14.1. The van der Waals surface area contributed by atoms with Gasteiger partial charge in [0.05, 0.1) is 0 Å². The van der Waals surface area contributed by atoms with Crippen LogP contribution in [0.4, 0.5) is 0 Å². The Morgan fingerprint density at radius 1 is 1.08 bits per heavy atom. The molecule has 25 heavy (non-hydrogen) atoms. The standard InChI is InChI=1S/C19H22IN3O2/c20-15-6-4-7-16(14-15)23-13-5-8-17(23)19(25)21-10-9-18(24)22-11-2-1-3-12-22/h4-8,13-14H,1-3,9-12H2,(H,21,25). The van der Waals surface area contributed by atoms with E-state index >= 15 is 0 Å². The molecule has 5 nitrogen and oxygen atoms in total. The van der Waals surface area contributed by atoms with E-state index in [1.165, 1.54) is 6.42 Å². The first-order valence-corrected chi connectivity index (χ1v) is 9.72. The fourth-order valence-electron chi connectivity index (χ4n) is 3.09. The van der Waals surface area contributed by atoms with Crippen LogP contribution in [0.2, 0.25) is 0 Å². The predicted molar refractivity (Wildman–Crippen MR) is 106 cm³/mol. The van der Waals surface area contributed by atoms with Crippen molar-refractivity contribution in [2.45, 2.75) is 25.7 Å². The molecule has 1 fully saturated rings. The van der Waals surface area contributed by atoms with Crippen molar-refractivity contribution >= 4 is 34.4 Å². The lowest BCUT2D eigenvalue weighted by atomic mass is 10.1. The van der Waals surface area contributed by atoms with Crippen LogP contribution in [0.5, 0.6) is 0 Å². The monoisotopic (exact) mass is 451 g/mol. The van der Waals surface area contributed by atoms with Gasteiger partial charge in [-0.1, -0.05) is 6.07 Å². The SMILES string of the molecule is O=C(NCCC(=O)N1CCCCC1)c1cccn1-c1cccc(I)c1. The molecule has 2 amide bonds. The van der Waals surface area contributed by atoms with Gasteiger partial charge in [-0.05, 0) is 72.2 Å². The van der Waals surface area contributed by atoms with Crippen molar-refractivity contribution in [3.8, 4) is 5.69 Å². The van der Waals surface area contributed by atoms with E-state index in [9.17, 15) is 9.59 Å². The number of aromatic nitrogens is 1. The van der Waals surface area contributed by atoms with Crippen molar-refractivity contribution in [2.75, 3.05) is 19.6 Å². The summed E-state index contributed by atoms with van der Waals surface area (Å²) in [5.41, 5.74) is 1.53. The summed E-state index contributed by atoms with van der Waals surface area (Å²) in [6.07, 6.45) is 5.60. The molecule has 132 valence electrons. The van der Waals surface area contributed by atoms with Crippen molar-refractivity contribution in [3.63, 3.8) is 0 Å². The molecule has 2 aromatic rings. The Bertz CT molecular complexity index is 751. The second-order valence-corrected chi connectivity index (χ2v) is 7.44. The number of hydrogen-bond donors (Lipinski definition) is 1. The number of amides is 2. The normalized spacial score (nSPS) is 14.4. The molecule has 0 saturated carbocycles. The number of hydrogen-bond acceptors (Lipinski definition) is 2. The van der Waals surface area contributed by atoms with E-state index in [2.05, 4.69) is 27.9 Å². The summed E-state index contributed by atoms with van der Waals surface area (Å²) in [6, 6.07) is 11.6. The molecule has 0 radical (unpaired) electrons. The van der Waals surface area contributed by atoms with Gasteiger partial charge in [0.15, 0.2) is 0 Å². The van der Waals surface area contributed by atoms with Crippen molar-refractivity contribution in [1.29, 1.82) is 0 Å². The first-order chi connectivity index (χ1) is 12.1. The van der Waals surface area contributed by atoms with Crippen molar-refractivity contribution in [2.24, 2.45) is 0 Å². The van der Waals surface area contributed by atoms with Crippen LogP contribution in [-0.2, 0) is 4.79 Å². The number of carbonyl (C=O) groups excluding carboxylic acids is 2. The topological polar surface area (TPSA) is 54.3 Å². The van der Waals surface area contributed by atoms with Crippen molar-refractivity contribution < 1.29 is 9.59 Å². The third-order valence-electron chi connectivity index (χ3n) is 4.40.